The number of pyridine rings is 1. The van der Waals surface area contributed by atoms with Gasteiger partial charge in [0, 0.05) is 11.8 Å². The van der Waals surface area contributed by atoms with Gasteiger partial charge >= 0.3 is 0 Å². The Balaban J connectivity index is 2.27. The number of aryl methyl sites for hydroxylation is 1. The first-order valence-corrected chi connectivity index (χ1v) is 5.89. The van der Waals surface area contributed by atoms with Crippen molar-refractivity contribution in [3.63, 3.8) is 0 Å². The summed E-state index contributed by atoms with van der Waals surface area (Å²) in [6, 6.07) is 11.7. The van der Waals surface area contributed by atoms with Crippen molar-refractivity contribution in [3.8, 4) is 5.88 Å². The van der Waals surface area contributed by atoms with E-state index in [1.807, 2.05) is 12.1 Å². The predicted octanol–water partition coefficient (Wildman–Crippen LogP) is 2.98. The summed E-state index contributed by atoms with van der Waals surface area (Å²) in [5.41, 5.74) is 8.72. The summed E-state index contributed by atoms with van der Waals surface area (Å²) in [5.74, 6) is 1.15. The van der Waals surface area contributed by atoms with Crippen LogP contribution < -0.4 is 15.8 Å². The maximum atomic E-state index is 5.88. The van der Waals surface area contributed by atoms with E-state index in [2.05, 4.69) is 29.4 Å². The third-order valence-electron chi connectivity index (χ3n) is 2.71. The molecule has 2 aromatic rings. The third-order valence-corrected chi connectivity index (χ3v) is 2.71. The highest BCUT2D eigenvalue weighted by atomic mass is 16.5. The van der Waals surface area contributed by atoms with Crippen LogP contribution in [-0.2, 0) is 6.42 Å². The van der Waals surface area contributed by atoms with Gasteiger partial charge in [-0.15, -0.1) is 0 Å². The summed E-state index contributed by atoms with van der Waals surface area (Å²) in [7, 11) is 1.58. The minimum Gasteiger partial charge on any atom is -0.481 e. The molecular weight excluding hydrogens is 226 g/mol. The molecule has 4 heteroatoms. The van der Waals surface area contributed by atoms with Crippen LogP contribution in [-0.4, -0.2) is 12.1 Å². The lowest BCUT2D eigenvalue weighted by Gasteiger charge is -2.10. The number of benzene rings is 1. The van der Waals surface area contributed by atoms with Gasteiger partial charge in [-0.1, -0.05) is 19.1 Å². The lowest BCUT2D eigenvalue weighted by molar-refractivity contribution is 0.398. The normalized spacial score (nSPS) is 10.1. The van der Waals surface area contributed by atoms with Crippen molar-refractivity contribution in [2.75, 3.05) is 18.2 Å². The number of nitrogen functional groups attached to an aromatic ring is 1. The second-order valence-corrected chi connectivity index (χ2v) is 3.97. The van der Waals surface area contributed by atoms with Crippen molar-refractivity contribution in [3.05, 3.63) is 42.0 Å². The Morgan fingerprint density at radius 1 is 1.28 bits per heavy atom. The zero-order valence-corrected chi connectivity index (χ0v) is 10.6. The third kappa shape index (κ3) is 2.71. The van der Waals surface area contributed by atoms with E-state index in [1.54, 1.807) is 19.2 Å². The average molecular weight is 243 g/mol. The number of nitrogens with zero attached hydrogens (tertiary/aromatic N) is 1. The Kier molecular flexibility index (Phi) is 3.67. The fourth-order valence-corrected chi connectivity index (χ4v) is 1.67. The highest BCUT2D eigenvalue weighted by molar-refractivity contribution is 5.69. The number of anilines is 3. The number of rotatable bonds is 4. The van der Waals surface area contributed by atoms with Crippen molar-refractivity contribution in [2.45, 2.75) is 13.3 Å². The van der Waals surface area contributed by atoms with Crippen LogP contribution in [0.15, 0.2) is 36.4 Å². The molecule has 0 aliphatic carbocycles. The van der Waals surface area contributed by atoms with Crippen LogP contribution in [0.4, 0.5) is 17.2 Å². The number of methoxy groups -OCH3 is 1. The van der Waals surface area contributed by atoms with Gasteiger partial charge in [-0.3, -0.25) is 0 Å². The van der Waals surface area contributed by atoms with Gasteiger partial charge in [-0.25, -0.2) is 0 Å². The molecule has 0 saturated heterocycles. The predicted molar refractivity (Wildman–Crippen MR) is 74.3 cm³/mol. The molecule has 0 saturated carbocycles. The molecule has 0 bridgehead atoms. The smallest absolute Gasteiger partial charge is 0.215 e. The second-order valence-electron chi connectivity index (χ2n) is 3.97. The molecule has 2 rings (SSSR count). The van der Waals surface area contributed by atoms with Gasteiger partial charge in [0.1, 0.15) is 0 Å². The number of hydrogen-bond donors (Lipinski definition) is 2. The Hall–Kier alpha value is -2.23. The molecule has 0 unspecified atom stereocenters. The summed E-state index contributed by atoms with van der Waals surface area (Å²) in [6.45, 7) is 2.12. The SMILES string of the molecule is CCc1cccc(Nc2nc(OC)ccc2N)c1. The summed E-state index contributed by atoms with van der Waals surface area (Å²) < 4.78 is 5.09. The molecule has 0 aliphatic heterocycles. The molecule has 0 amide bonds. The summed E-state index contributed by atoms with van der Waals surface area (Å²) in [5, 5.41) is 3.21. The minimum atomic E-state index is 0.540. The first-order chi connectivity index (χ1) is 8.72. The van der Waals surface area contributed by atoms with E-state index in [9.17, 15) is 0 Å². The maximum absolute atomic E-state index is 5.88. The first-order valence-electron chi connectivity index (χ1n) is 5.89. The molecule has 0 spiro atoms. The fraction of sp³-hybridized carbons (Fsp3) is 0.214. The van der Waals surface area contributed by atoms with Crippen molar-refractivity contribution in [1.29, 1.82) is 0 Å². The second kappa shape index (κ2) is 5.40. The molecule has 0 fully saturated rings. The molecule has 0 aliphatic rings. The van der Waals surface area contributed by atoms with Gasteiger partial charge in [0.2, 0.25) is 5.88 Å². The summed E-state index contributed by atoms with van der Waals surface area (Å²) in [4.78, 5) is 4.28. The number of nitrogens with two attached hydrogens (primary N) is 1. The van der Waals surface area contributed by atoms with Crippen molar-refractivity contribution in [2.24, 2.45) is 0 Å². The maximum Gasteiger partial charge on any atom is 0.215 e. The van der Waals surface area contributed by atoms with E-state index < -0.39 is 0 Å². The first kappa shape index (κ1) is 12.2. The van der Waals surface area contributed by atoms with Crippen LogP contribution in [0.5, 0.6) is 5.88 Å². The molecule has 94 valence electrons. The van der Waals surface area contributed by atoms with Crippen LogP contribution in [0.25, 0.3) is 0 Å². The summed E-state index contributed by atoms with van der Waals surface area (Å²) >= 11 is 0. The molecule has 3 N–H and O–H groups in total. The zero-order valence-electron chi connectivity index (χ0n) is 10.6. The molecule has 1 aromatic heterocycles. The van der Waals surface area contributed by atoms with Crippen molar-refractivity contribution < 1.29 is 4.74 Å². The van der Waals surface area contributed by atoms with E-state index in [1.165, 1.54) is 5.56 Å². The standard InChI is InChI=1S/C14H17N3O/c1-3-10-5-4-6-11(9-10)16-14-12(15)7-8-13(17-14)18-2/h4-9H,3,15H2,1-2H3,(H,16,17). The highest BCUT2D eigenvalue weighted by Crippen LogP contribution is 2.24. The zero-order chi connectivity index (χ0) is 13.0. The Morgan fingerprint density at radius 2 is 2.11 bits per heavy atom. The molecule has 0 radical (unpaired) electrons. The van der Waals surface area contributed by atoms with Gasteiger partial charge in [-0.05, 0) is 30.2 Å². The molecular formula is C14H17N3O. The van der Waals surface area contributed by atoms with Gasteiger partial charge in [0.05, 0.1) is 12.8 Å². The number of hydrogen-bond acceptors (Lipinski definition) is 4. The molecule has 0 atom stereocenters. The van der Waals surface area contributed by atoms with E-state index in [0.717, 1.165) is 12.1 Å². The van der Waals surface area contributed by atoms with Crippen LogP contribution in [0.2, 0.25) is 0 Å². The number of nitrogens with one attached hydrogen (secondary N) is 1. The van der Waals surface area contributed by atoms with Gasteiger partial charge in [0.15, 0.2) is 5.82 Å². The van der Waals surface area contributed by atoms with Gasteiger partial charge in [-0.2, -0.15) is 4.98 Å². The quantitative estimate of drug-likeness (QED) is 0.866. The summed E-state index contributed by atoms with van der Waals surface area (Å²) in [6.07, 6.45) is 0.997. The van der Waals surface area contributed by atoms with E-state index in [0.29, 0.717) is 17.4 Å². The van der Waals surface area contributed by atoms with Crippen LogP contribution in [0, 0.1) is 0 Å². The van der Waals surface area contributed by atoms with Crippen LogP contribution in [0.3, 0.4) is 0 Å². The Labute approximate surface area is 107 Å². The lowest BCUT2D eigenvalue weighted by atomic mass is 10.1. The largest absolute Gasteiger partial charge is 0.481 e. The monoisotopic (exact) mass is 243 g/mol. The van der Waals surface area contributed by atoms with E-state index >= 15 is 0 Å². The topological polar surface area (TPSA) is 60.2 Å². The Bertz CT molecular complexity index is 540. The molecule has 1 aromatic carbocycles. The average Bonchev–Trinajstić information content (AvgIpc) is 2.41. The van der Waals surface area contributed by atoms with Crippen LogP contribution in [0.1, 0.15) is 12.5 Å². The lowest BCUT2D eigenvalue weighted by Crippen LogP contribution is -2.00. The Morgan fingerprint density at radius 3 is 2.83 bits per heavy atom. The number of ether oxygens (including phenoxy) is 1. The van der Waals surface area contributed by atoms with Crippen molar-refractivity contribution >= 4 is 17.2 Å². The fourth-order valence-electron chi connectivity index (χ4n) is 1.67. The molecule has 18 heavy (non-hydrogen) atoms. The van der Waals surface area contributed by atoms with Gasteiger partial charge < -0.3 is 15.8 Å². The minimum absolute atomic E-state index is 0.540. The highest BCUT2D eigenvalue weighted by Gasteiger charge is 2.04. The molecule has 4 nitrogen and oxygen atoms in total. The number of aromatic nitrogens is 1. The molecule has 1 heterocycles. The van der Waals surface area contributed by atoms with Crippen LogP contribution >= 0.6 is 0 Å². The van der Waals surface area contributed by atoms with Crippen molar-refractivity contribution in [1.82, 2.24) is 4.98 Å². The van der Waals surface area contributed by atoms with Gasteiger partial charge in [0.25, 0.3) is 0 Å². The van der Waals surface area contributed by atoms with E-state index in [-0.39, 0.29) is 0 Å². The van der Waals surface area contributed by atoms with E-state index in [4.69, 9.17) is 10.5 Å².